The van der Waals surface area contributed by atoms with Crippen molar-refractivity contribution in [1.29, 1.82) is 0 Å². The standard InChI is InChI=1S/C13H14BrN3/c1-9-4-2-7-12-15-16-13(17(9)12)10-5-3-6-11(14)8-10/h3,5-6,8-9H,2,4,7H2,1H3. The topological polar surface area (TPSA) is 30.7 Å². The van der Waals surface area contributed by atoms with E-state index in [0.29, 0.717) is 6.04 Å². The predicted molar refractivity (Wildman–Crippen MR) is 70.8 cm³/mol. The van der Waals surface area contributed by atoms with Crippen LogP contribution in [0.4, 0.5) is 0 Å². The third kappa shape index (κ3) is 1.90. The first-order valence-electron chi connectivity index (χ1n) is 5.95. The Bertz CT molecular complexity index is 547. The van der Waals surface area contributed by atoms with Gasteiger partial charge in [0.25, 0.3) is 0 Å². The molecule has 1 unspecified atom stereocenters. The Morgan fingerprint density at radius 3 is 3.06 bits per heavy atom. The number of fused-ring (bicyclic) bond motifs is 1. The molecule has 0 saturated heterocycles. The quantitative estimate of drug-likeness (QED) is 0.804. The molecule has 4 heteroatoms. The minimum absolute atomic E-state index is 0.503. The van der Waals surface area contributed by atoms with E-state index in [-0.39, 0.29) is 0 Å². The van der Waals surface area contributed by atoms with Crippen LogP contribution >= 0.6 is 15.9 Å². The molecule has 3 nitrogen and oxygen atoms in total. The van der Waals surface area contributed by atoms with Gasteiger partial charge in [0, 0.05) is 22.5 Å². The fourth-order valence-electron chi connectivity index (χ4n) is 2.47. The van der Waals surface area contributed by atoms with Crippen LogP contribution in [0.1, 0.15) is 31.6 Å². The molecule has 3 rings (SSSR count). The summed E-state index contributed by atoms with van der Waals surface area (Å²) in [6.07, 6.45) is 3.48. The Labute approximate surface area is 109 Å². The van der Waals surface area contributed by atoms with Gasteiger partial charge in [0.05, 0.1) is 0 Å². The molecule has 1 aliphatic rings. The molecule has 0 bridgehead atoms. The monoisotopic (exact) mass is 291 g/mol. The molecule has 0 saturated carbocycles. The van der Waals surface area contributed by atoms with Crippen molar-refractivity contribution in [3.8, 4) is 11.4 Å². The van der Waals surface area contributed by atoms with E-state index in [2.05, 4.69) is 49.8 Å². The van der Waals surface area contributed by atoms with Crippen LogP contribution in [-0.2, 0) is 6.42 Å². The molecule has 0 fully saturated rings. The number of benzene rings is 1. The van der Waals surface area contributed by atoms with E-state index < -0.39 is 0 Å². The van der Waals surface area contributed by atoms with Crippen LogP contribution in [0.25, 0.3) is 11.4 Å². The maximum absolute atomic E-state index is 4.35. The Morgan fingerprint density at radius 2 is 2.24 bits per heavy atom. The van der Waals surface area contributed by atoms with Gasteiger partial charge in [-0.25, -0.2) is 0 Å². The van der Waals surface area contributed by atoms with Crippen molar-refractivity contribution < 1.29 is 0 Å². The van der Waals surface area contributed by atoms with Gasteiger partial charge in [-0.15, -0.1) is 10.2 Å². The third-order valence-electron chi connectivity index (χ3n) is 3.31. The van der Waals surface area contributed by atoms with E-state index in [1.807, 2.05) is 12.1 Å². The van der Waals surface area contributed by atoms with E-state index in [4.69, 9.17) is 0 Å². The van der Waals surface area contributed by atoms with Gasteiger partial charge in [0.2, 0.25) is 0 Å². The largest absolute Gasteiger partial charge is 0.308 e. The van der Waals surface area contributed by atoms with Gasteiger partial charge in [-0.1, -0.05) is 28.1 Å². The lowest BCUT2D eigenvalue weighted by molar-refractivity contribution is 0.429. The first kappa shape index (κ1) is 11.0. The normalized spacial score (nSPS) is 19.1. The highest BCUT2D eigenvalue weighted by molar-refractivity contribution is 9.10. The number of aryl methyl sites for hydroxylation is 1. The molecule has 0 spiro atoms. The molecular weight excluding hydrogens is 278 g/mol. The summed E-state index contributed by atoms with van der Waals surface area (Å²) in [6.45, 7) is 2.24. The Kier molecular flexibility index (Phi) is 2.74. The number of rotatable bonds is 1. The van der Waals surface area contributed by atoms with Gasteiger partial charge in [0.1, 0.15) is 5.82 Å². The SMILES string of the molecule is CC1CCCc2nnc(-c3cccc(Br)c3)n21. The second-order valence-electron chi connectivity index (χ2n) is 4.56. The lowest BCUT2D eigenvalue weighted by atomic mass is 10.1. The van der Waals surface area contributed by atoms with Crippen molar-refractivity contribution >= 4 is 15.9 Å². The molecule has 1 aromatic heterocycles. The van der Waals surface area contributed by atoms with Crippen molar-refractivity contribution in [3.63, 3.8) is 0 Å². The van der Waals surface area contributed by atoms with Crippen molar-refractivity contribution in [2.45, 2.75) is 32.2 Å². The summed E-state index contributed by atoms with van der Waals surface area (Å²) < 4.78 is 3.36. The lowest BCUT2D eigenvalue weighted by Gasteiger charge is -2.22. The first-order valence-corrected chi connectivity index (χ1v) is 6.75. The van der Waals surface area contributed by atoms with E-state index in [1.54, 1.807) is 0 Å². The van der Waals surface area contributed by atoms with Crippen LogP contribution in [0.3, 0.4) is 0 Å². The average Bonchev–Trinajstić information content (AvgIpc) is 2.74. The zero-order valence-electron chi connectivity index (χ0n) is 9.73. The Morgan fingerprint density at radius 1 is 1.35 bits per heavy atom. The minimum atomic E-state index is 0.503. The van der Waals surface area contributed by atoms with Crippen LogP contribution in [0.5, 0.6) is 0 Å². The van der Waals surface area contributed by atoms with Crippen LogP contribution in [-0.4, -0.2) is 14.8 Å². The summed E-state index contributed by atoms with van der Waals surface area (Å²) in [5.41, 5.74) is 1.13. The van der Waals surface area contributed by atoms with Gasteiger partial charge in [-0.05, 0) is 31.9 Å². The highest BCUT2D eigenvalue weighted by Crippen LogP contribution is 2.30. The van der Waals surface area contributed by atoms with E-state index in [9.17, 15) is 0 Å². The lowest BCUT2D eigenvalue weighted by Crippen LogP contribution is -2.16. The van der Waals surface area contributed by atoms with Gasteiger partial charge in [-0.2, -0.15) is 0 Å². The molecule has 88 valence electrons. The number of halogens is 1. The Hall–Kier alpha value is -1.16. The third-order valence-corrected chi connectivity index (χ3v) is 3.81. The fraction of sp³-hybridized carbons (Fsp3) is 0.385. The molecule has 2 heterocycles. The highest BCUT2D eigenvalue weighted by atomic mass is 79.9. The van der Waals surface area contributed by atoms with Gasteiger partial charge in [-0.3, -0.25) is 0 Å². The van der Waals surface area contributed by atoms with Crippen LogP contribution in [0, 0.1) is 0 Å². The first-order chi connectivity index (χ1) is 8.25. The molecule has 0 amide bonds. The zero-order valence-corrected chi connectivity index (χ0v) is 11.3. The molecule has 1 atom stereocenters. The molecule has 2 aromatic rings. The highest BCUT2D eigenvalue weighted by Gasteiger charge is 2.22. The Balaban J connectivity index is 2.13. The van der Waals surface area contributed by atoms with Gasteiger partial charge < -0.3 is 4.57 Å². The number of nitrogens with zero attached hydrogens (tertiary/aromatic N) is 3. The second kappa shape index (κ2) is 4.26. The summed E-state index contributed by atoms with van der Waals surface area (Å²) in [6, 6.07) is 8.75. The summed E-state index contributed by atoms with van der Waals surface area (Å²) >= 11 is 3.50. The van der Waals surface area contributed by atoms with Crippen LogP contribution < -0.4 is 0 Å². The summed E-state index contributed by atoms with van der Waals surface area (Å²) in [7, 11) is 0. The van der Waals surface area contributed by atoms with E-state index in [1.165, 1.54) is 12.8 Å². The molecule has 1 aliphatic heterocycles. The molecule has 0 N–H and O–H groups in total. The summed E-state index contributed by atoms with van der Waals surface area (Å²) in [5.74, 6) is 2.12. The number of aromatic nitrogens is 3. The van der Waals surface area contributed by atoms with E-state index in [0.717, 1.165) is 28.1 Å². The van der Waals surface area contributed by atoms with Crippen molar-refractivity contribution in [2.24, 2.45) is 0 Å². The second-order valence-corrected chi connectivity index (χ2v) is 5.48. The fourth-order valence-corrected chi connectivity index (χ4v) is 2.87. The summed E-state index contributed by atoms with van der Waals surface area (Å²) in [5, 5.41) is 8.66. The molecular formula is C13H14BrN3. The van der Waals surface area contributed by atoms with Crippen LogP contribution in [0.15, 0.2) is 28.7 Å². The maximum atomic E-state index is 4.35. The molecule has 1 aromatic carbocycles. The summed E-state index contributed by atoms with van der Waals surface area (Å²) in [4.78, 5) is 0. The van der Waals surface area contributed by atoms with E-state index >= 15 is 0 Å². The number of hydrogen-bond acceptors (Lipinski definition) is 2. The maximum Gasteiger partial charge on any atom is 0.164 e. The van der Waals surface area contributed by atoms with Crippen molar-refractivity contribution in [3.05, 3.63) is 34.6 Å². The molecule has 0 radical (unpaired) electrons. The molecule has 0 aliphatic carbocycles. The number of hydrogen-bond donors (Lipinski definition) is 0. The minimum Gasteiger partial charge on any atom is -0.308 e. The zero-order chi connectivity index (χ0) is 11.8. The van der Waals surface area contributed by atoms with Gasteiger partial charge >= 0.3 is 0 Å². The smallest absolute Gasteiger partial charge is 0.164 e. The van der Waals surface area contributed by atoms with Crippen molar-refractivity contribution in [1.82, 2.24) is 14.8 Å². The molecule has 17 heavy (non-hydrogen) atoms. The van der Waals surface area contributed by atoms with Gasteiger partial charge in [0.15, 0.2) is 5.82 Å². The predicted octanol–water partition coefficient (Wildman–Crippen LogP) is 3.60. The average molecular weight is 292 g/mol. The van der Waals surface area contributed by atoms with Crippen LogP contribution in [0.2, 0.25) is 0 Å². The van der Waals surface area contributed by atoms with Crippen molar-refractivity contribution in [2.75, 3.05) is 0 Å².